The number of halogens is 1. The van der Waals surface area contributed by atoms with Gasteiger partial charge in [-0.05, 0) is 25.0 Å². The molecule has 0 aliphatic rings. The number of hydrogen-bond acceptors (Lipinski definition) is 3. The zero-order valence-electron chi connectivity index (χ0n) is 10.2. The Morgan fingerprint density at radius 1 is 1.47 bits per heavy atom. The van der Waals surface area contributed by atoms with Gasteiger partial charge in [-0.25, -0.2) is 0 Å². The fourth-order valence-electron chi connectivity index (χ4n) is 1.50. The lowest BCUT2D eigenvalue weighted by Crippen LogP contribution is -2.25. The monoisotopic (exact) mass is 280 g/mol. The summed E-state index contributed by atoms with van der Waals surface area (Å²) in [5.74, 6) is 2.02. The number of amides is 1. The first-order chi connectivity index (χ1) is 9.06. The minimum atomic E-state index is -0.626. The molecule has 0 aliphatic carbocycles. The van der Waals surface area contributed by atoms with Gasteiger partial charge in [-0.1, -0.05) is 11.6 Å². The first-order valence-electron chi connectivity index (χ1n) is 5.72. The van der Waals surface area contributed by atoms with Crippen molar-refractivity contribution in [1.29, 1.82) is 0 Å². The van der Waals surface area contributed by atoms with Gasteiger partial charge in [-0.3, -0.25) is 14.9 Å². The van der Waals surface area contributed by atoms with Gasteiger partial charge in [-0.15, -0.1) is 12.3 Å². The van der Waals surface area contributed by atoms with E-state index in [0.717, 1.165) is 18.9 Å². The van der Waals surface area contributed by atoms with Crippen molar-refractivity contribution in [2.45, 2.75) is 19.3 Å². The highest BCUT2D eigenvalue weighted by Crippen LogP contribution is 2.23. The van der Waals surface area contributed by atoms with E-state index in [-0.39, 0.29) is 16.3 Å². The Morgan fingerprint density at radius 3 is 2.84 bits per heavy atom. The third kappa shape index (κ3) is 4.60. The van der Waals surface area contributed by atoms with E-state index < -0.39 is 10.8 Å². The Labute approximate surface area is 116 Å². The highest BCUT2D eigenvalue weighted by atomic mass is 35.5. The van der Waals surface area contributed by atoms with Crippen LogP contribution in [0.1, 0.15) is 29.6 Å². The van der Waals surface area contributed by atoms with Gasteiger partial charge in [0, 0.05) is 24.1 Å². The summed E-state index contributed by atoms with van der Waals surface area (Å²) >= 11 is 5.67. The van der Waals surface area contributed by atoms with E-state index in [2.05, 4.69) is 11.2 Å². The van der Waals surface area contributed by atoms with Gasteiger partial charge in [0.25, 0.3) is 11.6 Å². The van der Waals surface area contributed by atoms with Gasteiger partial charge in [-0.2, -0.15) is 0 Å². The Bertz CT molecular complexity index is 523. The molecule has 0 fully saturated rings. The van der Waals surface area contributed by atoms with Crippen LogP contribution in [0.25, 0.3) is 0 Å². The van der Waals surface area contributed by atoms with Crippen molar-refractivity contribution >= 4 is 23.2 Å². The van der Waals surface area contributed by atoms with Gasteiger partial charge in [0.2, 0.25) is 0 Å². The first kappa shape index (κ1) is 15.0. The molecule has 0 saturated heterocycles. The lowest BCUT2D eigenvalue weighted by molar-refractivity contribution is -0.385. The summed E-state index contributed by atoms with van der Waals surface area (Å²) in [4.78, 5) is 22.0. The second-order valence-corrected chi connectivity index (χ2v) is 4.27. The molecule has 1 aromatic carbocycles. The normalized spacial score (nSPS) is 9.68. The number of unbranched alkanes of at least 4 members (excludes halogenated alkanes) is 2. The van der Waals surface area contributed by atoms with Crippen molar-refractivity contribution in [3.8, 4) is 12.3 Å². The zero-order chi connectivity index (χ0) is 14.3. The minimum absolute atomic E-state index is 0.00588. The molecule has 5 nitrogen and oxygen atoms in total. The van der Waals surface area contributed by atoms with Gasteiger partial charge in [0.1, 0.15) is 5.56 Å². The van der Waals surface area contributed by atoms with Crippen molar-refractivity contribution < 1.29 is 9.72 Å². The number of nitro groups is 1. The molecule has 0 spiro atoms. The van der Waals surface area contributed by atoms with Crippen LogP contribution in [-0.4, -0.2) is 17.4 Å². The molecule has 100 valence electrons. The van der Waals surface area contributed by atoms with Crippen LogP contribution < -0.4 is 5.32 Å². The summed E-state index contributed by atoms with van der Waals surface area (Å²) < 4.78 is 0. The summed E-state index contributed by atoms with van der Waals surface area (Å²) in [7, 11) is 0. The van der Waals surface area contributed by atoms with E-state index in [9.17, 15) is 14.9 Å². The van der Waals surface area contributed by atoms with Gasteiger partial charge >= 0.3 is 0 Å². The van der Waals surface area contributed by atoms with E-state index in [1.165, 1.54) is 12.1 Å². The average Bonchev–Trinajstić information content (AvgIpc) is 2.38. The Morgan fingerprint density at radius 2 is 2.21 bits per heavy atom. The van der Waals surface area contributed by atoms with Crippen LogP contribution in [0.2, 0.25) is 5.02 Å². The Kier molecular flexibility index (Phi) is 5.83. The molecule has 6 heteroatoms. The van der Waals surface area contributed by atoms with Crippen LogP contribution in [0, 0.1) is 22.5 Å². The number of nitrogens with one attached hydrogen (secondary N) is 1. The van der Waals surface area contributed by atoms with E-state index in [0.29, 0.717) is 13.0 Å². The second kappa shape index (κ2) is 7.39. The molecule has 0 saturated carbocycles. The fraction of sp³-hybridized carbons (Fsp3) is 0.308. The highest BCUT2D eigenvalue weighted by molar-refractivity contribution is 6.31. The number of carbonyl (C=O) groups is 1. The quantitative estimate of drug-likeness (QED) is 0.377. The lowest BCUT2D eigenvalue weighted by atomic mass is 10.1. The Hall–Kier alpha value is -2.06. The van der Waals surface area contributed by atoms with Crippen LogP contribution in [0.4, 0.5) is 5.69 Å². The van der Waals surface area contributed by atoms with Crippen LogP contribution >= 0.6 is 11.6 Å². The maximum atomic E-state index is 11.8. The maximum Gasteiger partial charge on any atom is 0.283 e. The van der Waals surface area contributed by atoms with Crippen LogP contribution in [0.5, 0.6) is 0 Å². The van der Waals surface area contributed by atoms with Crippen molar-refractivity contribution in [2.24, 2.45) is 0 Å². The predicted octanol–water partition coefficient (Wildman–Crippen LogP) is 2.78. The fourth-order valence-corrected chi connectivity index (χ4v) is 1.66. The summed E-state index contributed by atoms with van der Waals surface area (Å²) in [5, 5.41) is 13.7. The molecule has 1 aromatic rings. The average molecular weight is 281 g/mol. The SMILES string of the molecule is C#CCCCCNC(=O)c1ccc(Cl)cc1[N+](=O)[O-]. The van der Waals surface area contributed by atoms with Crippen molar-refractivity contribution in [1.82, 2.24) is 5.32 Å². The molecular weight excluding hydrogens is 268 g/mol. The van der Waals surface area contributed by atoms with E-state index in [1.807, 2.05) is 0 Å². The minimum Gasteiger partial charge on any atom is -0.352 e. The molecule has 0 bridgehead atoms. The van der Waals surface area contributed by atoms with Gasteiger partial charge in [0.15, 0.2) is 0 Å². The number of benzene rings is 1. The molecule has 0 unspecified atom stereocenters. The smallest absolute Gasteiger partial charge is 0.283 e. The van der Waals surface area contributed by atoms with Crippen LogP contribution in [0.15, 0.2) is 18.2 Å². The number of hydrogen-bond donors (Lipinski definition) is 1. The third-order valence-electron chi connectivity index (χ3n) is 2.43. The van der Waals surface area contributed by atoms with Crippen LogP contribution in [0.3, 0.4) is 0 Å². The molecule has 1 amide bonds. The summed E-state index contributed by atoms with van der Waals surface area (Å²) in [6.45, 7) is 0.431. The molecule has 0 aromatic heterocycles. The number of nitro benzene ring substituents is 1. The van der Waals surface area contributed by atoms with E-state index >= 15 is 0 Å². The van der Waals surface area contributed by atoms with Crippen molar-refractivity contribution in [2.75, 3.05) is 6.54 Å². The molecule has 0 aliphatic heterocycles. The molecule has 1 N–H and O–H groups in total. The molecular formula is C13H13ClN2O3. The number of nitrogens with zero attached hydrogens (tertiary/aromatic N) is 1. The van der Waals surface area contributed by atoms with Crippen molar-refractivity contribution in [3.63, 3.8) is 0 Å². The molecule has 0 heterocycles. The standard InChI is InChI=1S/C13H13ClN2O3/c1-2-3-4-5-8-15-13(17)11-7-6-10(14)9-12(11)16(18)19/h1,6-7,9H,3-5,8H2,(H,15,17). The van der Waals surface area contributed by atoms with Crippen molar-refractivity contribution in [3.05, 3.63) is 38.9 Å². The zero-order valence-corrected chi connectivity index (χ0v) is 10.9. The summed E-state index contributed by atoms with van der Waals surface area (Å²) in [6.07, 6.45) is 7.29. The molecule has 0 atom stereocenters. The highest BCUT2D eigenvalue weighted by Gasteiger charge is 2.19. The molecule has 1 rings (SSSR count). The van der Waals surface area contributed by atoms with Gasteiger partial charge < -0.3 is 5.32 Å². The van der Waals surface area contributed by atoms with Gasteiger partial charge in [0.05, 0.1) is 4.92 Å². The maximum absolute atomic E-state index is 11.8. The topological polar surface area (TPSA) is 72.2 Å². The summed E-state index contributed by atoms with van der Waals surface area (Å²) in [5.41, 5.74) is -0.292. The number of terminal acetylenes is 1. The van der Waals surface area contributed by atoms with E-state index in [1.54, 1.807) is 0 Å². The lowest BCUT2D eigenvalue weighted by Gasteiger charge is -2.05. The molecule has 19 heavy (non-hydrogen) atoms. The largest absolute Gasteiger partial charge is 0.352 e. The second-order valence-electron chi connectivity index (χ2n) is 3.84. The first-order valence-corrected chi connectivity index (χ1v) is 6.09. The number of carbonyl (C=O) groups excluding carboxylic acids is 1. The molecule has 0 radical (unpaired) electrons. The summed E-state index contributed by atoms with van der Waals surface area (Å²) in [6, 6.07) is 3.95. The third-order valence-corrected chi connectivity index (χ3v) is 2.67. The van der Waals surface area contributed by atoms with Crippen LogP contribution in [-0.2, 0) is 0 Å². The predicted molar refractivity (Wildman–Crippen MR) is 73.1 cm³/mol. The number of rotatable bonds is 6. The Balaban J connectivity index is 2.67. The van der Waals surface area contributed by atoms with E-state index in [4.69, 9.17) is 18.0 Å².